The number of carbonyl (C=O) groups excluding carboxylic acids is 10. The molecule has 0 saturated heterocycles. The van der Waals surface area contributed by atoms with E-state index in [1.807, 2.05) is 54.6 Å². The van der Waals surface area contributed by atoms with Gasteiger partial charge in [-0.05, 0) is 32.9 Å². The van der Waals surface area contributed by atoms with E-state index in [4.69, 9.17) is 69.0 Å². The molecular formula is C38H38O21. The van der Waals surface area contributed by atoms with Crippen LogP contribution < -0.4 is 0 Å². The van der Waals surface area contributed by atoms with Crippen molar-refractivity contribution < 1.29 is 103 Å². The number of aryl methyl sites for hydroxylation is 1. The highest BCUT2D eigenvalue weighted by molar-refractivity contribution is 5.99. The van der Waals surface area contributed by atoms with Gasteiger partial charge in [-0.25, -0.2) is 14.4 Å². The summed E-state index contributed by atoms with van der Waals surface area (Å²) in [6.07, 6.45) is -1.37. The smallest absolute Gasteiger partial charge is 0.373 e. The summed E-state index contributed by atoms with van der Waals surface area (Å²) in [5.74, 6) is -9.21. The molecule has 59 heavy (non-hydrogen) atoms. The fraction of sp³-hybridized carbons (Fsp3) is 0.184. The summed E-state index contributed by atoms with van der Waals surface area (Å²) in [5, 5.41) is 50.7. The van der Waals surface area contributed by atoms with E-state index >= 15 is 0 Å². The van der Waals surface area contributed by atoms with Gasteiger partial charge in [0.1, 0.15) is 17.8 Å². The molecule has 0 aliphatic rings. The standard InChI is InChI=1S/C7H10O6.C7H8O5.C7H6O2.C7H8.C6H6.4CO2/c1-3(8)6(11)4(7(12)13)2-5(9)10;1-4(8)2-5(7(11)12)3-6(9)10;8-7(9)6-4-2-1-3-5-6;1-7-5-3-2-4-6-7;1-2-4-6-5-3-1;4*2-1-3/h4,6,11H,2H2,1H3,(H,9,10)(H,12,13);3H,2H2,1H3,(H,9,10)(H,11,12);1-5H,(H,8,9);2-6H,1H3;1-6H;;;;/b;5-3-;;;;;;;. The summed E-state index contributed by atoms with van der Waals surface area (Å²) >= 11 is 0. The van der Waals surface area contributed by atoms with Crippen LogP contribution in [-0.4, -0.2) is 103 Å². The van der Waals surface area contributed by atoms with Crippen molar-refractivity contribution in [2.24, 2.45) is 5.92 Å². The molecule has 0 bridgehead atoms. The predicted octanol–water partition coefficient (Wildman–Crippen LogP) is 1.91. The normalized spacial score (nSPS) is 9.19. The zero-order valence-corrected chi connectivity index (χ0v) is 31.2. The SMILES string of the molecule is CC(=O)C(O)C(CC(=O)O)C(=O)O.CC(=O)C/C(=C/C(=O)O)C(=O)O.Cc1ccccc1.O=C(O)c1ccccc1.O=C=O.O=C=O.O=C=O.O=C=O.c1ccccc1. The van der Waals surface area contributed by atoms with Gasteiger partial charge in [-0.2, -0.15) is 38.4 Å². The lowest BCUT2D eigenvalue weighted by molar-refractivity contribution is -0.193. The maximum atomic E-state index is 10.6. The lowest BCUT2D eigenvalue weighted by atomic mass is 9.96. The van der Waals surface area contributed by atoms with Gasteiger partial charge in [-0.1, -0.05) is 90.5 Å². The van der Waals surface area contributed by atoms with Crippen molar-refractivity contribution in [3.05, 3.63) is 120 Å². The highest BCUT2D eigenvalue weighted by atomic mass is 16.4. The van der Waals surface area contributed by atoms with Crippen LogP contribution in [0.25, 0.3) is 0 Å². The molecule has 0 radical (unpaired) electrons. The Morgan fingerprint density at radius 3 is 1.08 bits per heavy atom. The first-order valence-electron chi connectivity index (χ1n) is 15.2. The number of Topliss-reactive ketones (excluding diaryl/α,β-unsaturated/α-hetero) is 2. The lowest BCUT2D eigenvalue weighted by Crippen LogP contribution is -2.35. The van der Waals surface area contributed by atoms with Gasteiger partial charge < -0.3 is 30.6 Å². The first kappa shape index (κ1) is 62.6. The van der Waals surface area contributed by atoms with Crippen LogP contribution in [0.2, 0.25) is 0 Å². The number of aromatic carboxylic acids is 1. The van der Waals surface area contributed by atoms with Crippen molar-refractivity contribution in [1.29, 1.82) is 0 Å². The molecule has 6 N–H and O–H groups in total. The number of ketones is 2. The second-order valence-corrected chi connectivity index (χ2v) is 9.60. The van der Waals surface area contributed by atoms with E-state index in [9.17, 15) is 33.6 Å². The van der Waals surface area contributed by atoms with E-state index < -0.39 is 59.6 Å². The van der Waals surface area contributed by atoms with E-state index in [1.54, 1.807) is 30.3 Å². The molecule has 0 aliphatic carbocycles. The van der Waals surface area contributed by atoms with Crippen LogP contribution in [0.1, 0.15) is 42.6 Å². The molecule has 21 heteroatoms. The summed E-state index contributed by atoms with van der Waals surface area (Å²) < 4.78 is 0. The molecule has 0 heterocycles. The van der Waals surface area contributed by atoms with Crippen LogP contribution in [0.4, 0.5) is 0 Å². The van der Waals surface area contributed by atoms with Gasteiger partial charge in [-0.15, -0.1) is 0 Å². The number of rotatable bonds is 10. The zero-order chi connectivity index (χ0) is 47.2. The lowest BCUT2D eigenvalue weighted by Gasteiger charge is -2.13. The topological polar surface area (TPSA) is 377 Å². The Balaban J connectivity index is -0.000000141. The van der Waals surface area contributed by atoms with Gasteiger partial charge >= 0.3 is 54.5 Å². The third-order valence-electron chi connectivity index (χ3n) is 5.15. The van der Waals surface area contributed by atoms with Crippen LogP contribution in [0.15, 0.2) is 109 Å². The molecule has 3 aromatic carbocycles. The van der Waals surface area contributed by atoms with Crippen molar-refractivity contribution in [2.45, 2.75) is 39.7 Å². The van der Waals surface area contributed by atoms with Gasteiger partial charge in [0.15, 0.2) is 5.78 Å². The fourth-order valence-electron chi connectivity index (χ4n) is 2.91. The number of carboxylic acids is 5. The van der Waals surface area contributed by atoms with E-state index in [0.717, 1.165) is 6.92 Å². The second-order valence-electron chi connectivity index (χ2n) is 9.60. The van der Waals surface area contributed by atoms with Crippen LogP contribution in [0.5, 0.6) is 0 Å². The van der Waals surface area contributed by atoms with Gasteiger partial charge in [0.25, 0.3) is 0 Å². The molecule has 316 valence electrons. The Kier molecular flexibility index (Phi) is 48.5. The predicted molar refractivity (Wildman–Crippen MR) is 190 cm³/mol. The quantitative estimate of drug-likeness (QED) is 0.159. The number of hydrogen-bond donors (Lipinski definition) is 6. The summed E-state index contributed by atoms with van der Waals surface area (Å²) in [6, 6.07) is 30.6. The third kappa shape index (κ3) is 54.0. The Hall–Kier alpha value is -8.43. The minimum atomic E-state index is -1.76. The Bertz CT molecular complexity index is 1740. The molecule has 2 unspecified atom stereocenters. The molecule has 0 aliphatic heterocycles. The maximum absolute atomic E-state index is 10.6. The largest absolute Gasteiger partial charge is 0.481 e. The zero-order valence-electron chi connectivity index (χ0n) is 31.2. The van der Waals surface area contributed by atoms with Gasteiger partial charge in [0, 0.05) is 12.5 Å². The molecule has 0 aromatic heterocycles. The van der Waals surface area contributed by atoms with Gasteiger partial charge in [-0.3, -0.25) is 19.2 Å². The molecule has 2 atom stereocenters. The first-order valence-corrected chi connectivity index (χ1v) is 15.2. The van der Waals surface area contributed by atoms with Crippen LogP contribution in [0, 0.1) is 12.8 Å². The molecule has 3 rings (SSSR count). The fourth-order valence-corrected chi connectivity index (χ4v) is 2.91. The Labute approximate surface area is 333 Å². The highest BCUT2D eigenvalue weighted by Crippen LogP contribution is 2.10. The summed E-state index contributed by atoms with van der Waals surface area (Å²) in [7, 11) is 0. The number of carbonyl (C=O) groups is 7. The van der Waals surface area contributed by atoms with Crippen molar-refractivity contribution >= 4 is 66.0 Å². The molecule has 0 saturated carbocycles. The Morgan fingerprint density at radius 2 is 0.898 bits per heavy atom. The van der Waals surface area contributed by atoms with E-state index in [1.165, 1.54) is 12.5 Å². The number of hydrogen-bond acceptors (Lipinski definition) is 16. The average molecular weight is 831 g/mol. The van der Waals surface area contributed by atoms with Crippen LogP contribution in [0.3, 0.4) is 0 Å². The molecule has 0 amide bonds. The van der Waals surface area contributed by atoms with Crippen LogP contribution >= 0.6 is 0 Å². The molecule has 3 aromatic rings. The van der Waals surface area contributed by atoms with Gasteiger partial charge in [0.05, 0.1) is 17.6 Å². The second kappa shape index (κ2) is 45.7. The van der Waals surface area contributed by atoms with Crippen molar-refractivity contribution in [3.63, 3.8) is 0 Å². The van der Waals surface area contributed by atoms with Crippen LogP contribution in [-0.2, 0) is 67.1 Å². The minimum Gasteiger partial charge on any atom is -0.481 e. The maximum Gasteiger partial charge on any atom is 0.373 e. The number of benzene rings is 3. The van der Waals surface area contributed by atoms with Crippen molar-refractivity contribution in [1.82, 2.24) is 0 Å². The number of aliphatic carboxylic acids is 4. The number of aliphatic hydroxyl groups is 1. The van der Waals surface area contributed by atoms with E-state index in [-0.39, 0.29) is 36.8 Å². The third-order valence-corrected chi connectivity index (χ3v) is 5.15. The summed E-state index contributed by atoms with van der Waals surface area (Å²) in [4.78, 5) is 137. The molecule has 0 spiro atoms. The minimum absolute atomic E-state index is 0.250. The van der Waals surface area contributed by atoms with Gasteiger partial charge in [0.2, 0.25) is 0 Å². The number of aliphatic hydroxyl groups excluding tert-OH is 1. The molecule has 0 fully saturated rings. The first-order chi connectivity index (χ1) is 27.6. The highest BCUT2D eigenvalue weighted by Gasteiger charge is 2.31. The summed E-state index contributed by atoms with van der Waals surface area (Å²) in [6.45, 7) is 4.28. The molecular weight excluding hydrogens is 792 g/mol. The number of carboxylic acid groups (broad SMARTS) is 5. The van der Waals surface area contributed by atoms with E-state index in [2.05, 4.69) is 19.1 Å². The van der Waals surface area contributed by atoms with Crippen molar-refractivity contribution in [3.8, 4) is 0 Å². The Morgan fingerprint density at radius 1 is 0.576 bits per heavy atom. The van der Waals surface area contributed by atoms with E-state index in [0.29, 0.717) is 11.6 Å². The van der Waals surface area contributed by atoms with Crippen molar-refractivity contribution in [2.75, 3.05) is 0 Å². The molecule has 21 nitrogen and oxygen atoms in total. The average Bonchev–Trinajstić information content (AvgIpc) is 3.16. The summed E-state index contributed by atoms with van der Waals surface area (Å²) in [5.41, 5.74) is 1.25. The monoisotopic (exact) mass is 830 g/mol.